The van der Waals surface area contributed by atoms with Crippen LogP contribution < -0.4 is 5.32 Å². The van der Waals surface area contributed by atoms with Crippen molar-refractivity contribution in [2.45, 2.75) is 13.5 Å². The molecule has 80 valence electrons. The van der Waals surface area contributed by atoms with E-state index in [1.54, 1.807) is 0 Å². The molecule has 0 saturated carbocycles. The smallest absolute Gasteiger partial charge is 0.332 e. The molecule has 0 spiro atoms. The molecule has 1 aromatic carbocycles. The molecule has 0 aliphatic carbocycles. The van der Waals surface area contributed by atoms with Crippen LogP contribution in [0, 0.1) is 0 Å². The van der Waals surface area contributed by atoms with Crippen LogP contribution in [-0.2, 0) is 16.1 Å². The Morgan fingerprint density at radius 1 is 1.40 bits per heavy atom. The third-order valence-corrected chi connectivity index (χ3v) is 1.95. The third-order valence-electron chi connectivity index (χ3n) is 1.95. The van der Waals surface area contributed by atoms with E-state index >= 15 is 0 Å². The summed E-state index contributed by atoms with van der Waals surface area (Å²) in [5.74, 6) is -0.340. The van der Waals surface area contributed by atoms with E-state index in [4.69, 9.17) is 0 Å². The number of allylic oxidation sites excluding steroid dienone is 1. The summed E-state index contributed by atoms with van der Waals surface area (Å²) in [4.78, 5) is 10.9. The zero-order valence-electron chi connectivity index (χ0n) is 8.99. The van der Waals surface area contributed by atoms with Gasteiger partial charge in [-0.05, 0) is 12.5 Å². The molecule has 0 amide bonds. The molecule has 0 saturated heterocycles. The minimum absolute atomic E-state index is 0.340. The Morgan fingerprint density at radius 2 is 2.07 bits per heavy atom. The van der Waals surface area contributed by atoms with Crippen LogP contribution in [0.3, 0.4) is 0 Å². The molecule has 1 aromatic rings. The molecule has 1 rings (SSSR count). The molecule has 0 heterocycles. The number of carbonyl (C=O) groups excluding carboxylic acids is 1. The zero-order chi connectivity index (χ0) is 11.1. The van der Waals surface area contributed by atoms with E-state index in [0.29, 0.717) is 6.54 Å². The maximum Gasteiger partial charge on any atom is 0.332 e. The first-order valence-electron chi connectivity index (χ1n) is 4.76. The Bertz CT molecular complexity index is 344. The first kappa shape index (κ1) is 11.3. The van der Waals surface area contributed by atoms with E-state index < -0.39 is 0 Å². The highest BCUT2D eigenvalue weighted by Gasteiger charge is 1.96. The van der Waals surface area contributed by atoms with Crippen LogP contribution >= 0.6 is 0 Å². The zero-order valence-corrected chi connectivity index (χ0v) is 8.99. The lowest BCUT2D eigenvalue weighted by Gasteiger charge is -2.05. The topological polar surface area (TPSA) is 38.3 Å². The SMILES string of the molecule is COC(=O)C=C(C)NCc1ccccc1. The lowest BCUT2D eigenvalue weighted by molar-refractivity contribution is -0.134. The van der Waals surface area contributed by atoms with Crippen LogP contribution in [-0.4, -0.2) is 13.1 Å². The van der Waals surface area contributed by atoms with Crippen LogP contribution in [0.5, 0.6) is 0 Å². The van der Waals surface area contributed by atoms with Gasteiger partial charge in [0, 0.05) is 18.3 Å². The largest absolute Gasteiger partial charge is 0.466 e. The molecule has 0 bridgehead atoms. The number of methoxy groups -OCH3 is 1. The molecule has 0 unspecified atom stereocenters. The fourth-order valence-electron chi connectivity index (χ4n) is 1.12. The summed E-state index contributed by atoms with van der Waals surface area (Å²) < 4.78 is 4.52. The Balaban J connectivity index is 2.44. The van der Waals surface area contributed by atoms with E-state index in [1.807, 2.05) is 37.3 Å². The highest BCUT2D eigenvalue weighted by molar-refractivity contribution is 5.82. The molecular weight excluding hydrogens is 190 g/mol. The first-order valence-corrected chi connectivity index (χ1v) is 4.76. The summed E-state index contributed by atoms with van der Waals surface area (Å²) >= 11 is 0. The molecule has 0 aliphatic rings. The van der Waals surface area contributed by atoms with E-state index in [1.165, 1.54) is 18.7 Å². The van der Waals surface area contributed by atoms with Gasteiger partial charge in [-0.3, -0.25) is 0 Å². The lowest BCUT2D eigenvalue weighted by Crippen LogP contribution is -2.12. The molecule has 0 aromatic heterocycles. The van der Waals surface area contributed by atoms with Gasteiger partial charge in [0.25, 0.3) is 0 Å². The predicted octanol–water partition coefficient (Wildman–Crippen LogP) is 1.85. The first-order chi connectivity index (χ1) is 7.22. The maximum absolute atomic E-state index is 10.9. The maximum atomic E-state index is 10.9. The molecule has 1 N–H and O–H groups in total. The van der Waals surface area contributed by atoms with Crippen molar-refractivity contribution in [2.75, 3.05) is 7.11 Å². The van der Waals surface area contributed by atoms with E-state index in [0.717, 1.165) is 5.70 Å². The van der Waals surface area contributed by atoms with Crippen molar-refractivity contribution in [1.29, 1.82) is 0 Å². The van der Waals surface area contributed by atoms with Gasteiger partial charge in [0.15, 0.2) is 0 Å². The van der Waals surface area contributed by atoms with Gasteiger partial charge in [-0.25, -0.2) is 4.79 Å². The van der Waals surface area contributed by atoms with Crippen molar-refractivity contribution < 1.29 is 9.53 Å². The van der Waals surface area contributed by atoms with Gasteiger partial charge in [-0.2, -0.15) is 0 Å². The van der Waals surface area contributed by atoms with Gasteiger partial charge in [0.2, 0.25) is 0 Å². The number of hydrogen-bond acceptors (Lipinski definition) is 3. The molecule has 0 atom stereocenters. The monoisotopic (exact) mass is 205 g/mol. The van der Waals surface area contributed by atoms with Crippen molar-refractivity contribution in [3.05, 3.63) is 47.7 Å². The molecule has 0 aliphatic heterocycles. The summed E-state index contributed by atoms with van der Waals surface area (Å²) in [5, 5.41) is 3.12. The molecule has 0 radical (unpaired) electrons. The highest BCUT2D eigenvalue weighted by atomic mass is 16.5. The van der Waals surface area contributed by atoms with Crippen molar-refractivity contribution in [2.24, 2.45) is 0 Å². The van der Waals surface area contributed by atoms with Crippen molar-refractivity contribution in [3.8, 4) is 0 Å². The Labute approximate surface area is 89.8 Å². The summed E-state index contributed by atoms with van der Waals surface area (Å²) in [5.41, 5.74) is 1.97. The van der Waals surface area contributed by atoms with Crippen molar-refractivity contribution in [1.82, 2.24) is 5.32 Å². The van der Waals surface area contributed by atoms with Crippen LogP contribution in [0.4, 0.5) is 0 Å². The number of ether oxygens (including phenoxy) is 1. The van der Waals surface area contributed by atoms with Crippen molar-refractivity contribution in [3.63, 3.8) is 0 Å². The number of hydrogen-bond donors (Lipinski definition) is 1. The Hall–Kier alpha value is -1.77. The quantitative estimate of drug-likeness (QED) is 0.602. The fourth-order valence-corrected chi connectivity index (χ4v) is 1.12. The van der Waals surface area contributed by atoms with E-state index in [2.05, 4.69) is 10.1 Å². The highest BCUT2D eigenvalue weighted by Crippen LogP contribution is 1.99. The van der Waals surface area contributed by atoms with Crippen LogP contribution in [0.2, 0.25) is 0 Å². The molecule has 3 heteroatoms. The second-order valence-corrected chi connectivity index (χ2v) is 3.19. The minimum Gasteiger partial charge on any atom is -0.466 e. The van der Waals surface area contributed by atoms with E-state index in [-0.39, 0.29) is 5.97 Å². The normalized spacial score (nSPS) is 10.9. The molecule has 3 nitrogen and oxygen atoms in total. The summed E-state index contributed by atoms with van der Waals surface area (Å²) in [7, 11) is 1.36. The Kier molecular flexibility index (Phi) is 4.41. The van der Waals surface area contributed by atoms with Gasteiger partial charge in [0.1, 0.15) is 0 Å². The standard InChI is InChI=1S/C12H15NO2/c1-10(8-12(14)15-2)13-9-11-6-4-3-5-7-11/h3-8,13H,9H2,1-2H3. The van der Waals surface area contributed by atoms with E-state index in [9.17, 15) is 4.79 Å². The van der Waals surface area contributed by atoms with Crippen LogP contribution in [0.15, 0.2) is 42.1 Å². The number of benzene rings is 1. The van der Waals surface area contributed by atoms with Gasteiger partial charge < -0.3 is 10.1 Å². The van der Waals surface area contributed by atoms with Crippen LogP contribution in [0.1, 0.15) is 12.5 Å². The van der Waals surface area contributed by atoms with Gasteiger partial charge in [0.05, 0.1) is 7.11 Å². The van der Waals surface area contributed by atoms with Gasteiger partial charge in [-0.15, -0.1) is 0 Å². The number of carbonyl (C=O) groups is 1. The third kappa shape index (κ3) is 4.31. The second kappa shape index (κ2) is 5.86. The summed E-state index contributed by atoms with van der Waals surface area (Å²) in [6.07, 6.45) is 1.43. The molecule has 0 fully saturated rings. The number of rotatable bonds is 4. The average molecular weight is 205 g/mol. The van der Waals surface area contributed by atoms with Gasteiger partial charge >= 0.3 is 5.97 Å². The van der Waals surface area contributed by atoms with Crippen LogP contribution in [0.25, 0.3) is 0 Å². The molecule has 15 heavy (non-hydrogen) atoms. The Morgan fingerprint density at radius 3 is 2.67 bits per heavy atom. The lowest BCUT2D eigenvalue weighted by atomic mass is 10.2. The summed E-state index contributed by atoms with van der Waals surface area (Å²) in [6.45, 7) is 2.54. The average Bonchev–Trinajstić information content (AvgIpc) is 2.27. The summed E-state index contributed by atoms with van der Waals surface area (Å²) in [6, 6.07) is 9.99. The fraction of sp³-hybridized carbons (Fsp3) is 0.250. The van der Waals surface area contributed by atoms with Crippen molar-refractivity contribution >= 4 is 5.97 Å². The predicted molar refractivity (Wildman–Crippen MR) is 59.1 cm³/mol. The number of esters is 1. The minimum atomic E-state index is -0.340. The second-order valence-electron chi connectivity index (χ2n) is 3.19. The number of nitrogens with one attached hydrogen (secondary N) is 1. The van der Waals surface area contributed by atoms with Gasteiger partial charge in [-0.1, -0.05) is 30.3 Å². The molecular formula is C12H15NO2.